The number of halogens is 2. The van der Waals surface area contributed by atoms with Crippen molar-refractivity contribution < 1.29 is 23.0 Å². The summed E-state index contributed by atoms with van der Waals surface area (Å²) in [7, 11) is 1.36. The Morgan fingerprint density at radius 2 is 1.92 bits per heavy atom. The number of alkyl halides is 2. The Kier molecular flexibility index (Phi) is 5.51. The first-order chi connectivity index (χ1) is 12.5. The summed E-state index contributed by atoms with van der Waals surface area (Å²) in [6.07, 6.45) is 6.25. The van der Waals surface area contributed by atoms with Gasteiger partial charge in [-0.3, -0.25) is 4.79 Å². The average molecular weight is 359 g/mol. The largest absolute Gasteiger partial charge is 0.493 e. The van der Waals surface area contributed by atoms with Crippen LogP contribution in [0, 0.1) is 0 Å². The number of amides is 1. The van der Waals surface area contributed by atoms with Crippen LogP contribution in [0.2, 0.25) is 0 Å². The molecule has 0 radical (unpaired) electrons. The normalized spacial score (nSPS) is 13.1. The van der Waals surface area contributed by atoms with Gasteiger partial charge in [-0.1, -0.05) is 12.1 Å². The molecule has 1 aliphatic carbocycles. The maximum absolute atomic E-state index is 12.3. The highest BCUT2D eigenvalue weighted by Crippen LogP contribution is 2.30. The molecule has 26 heavy (non-hydrogen) atoms. The predicted octanol–water partition coefficient (Wildman–Crippen LogP) is 4.44. The van der Waals surface area contributed by atoms with E-state index in [1.54, 1.807) is 12.1 Å². The van der Waals surface area contributed by atoms with Gasteiger partial charge in [0.2, 0.25) is 5.91 Å². The molecular weight excluding hydrogens is 340 g/mol. The molecule has 6 heteroatoms. The van der Waals surface area contributed by atoms with E-state index in [4.69, 9.17) is 4.74 Å². The topological polar surface area (TPSA) is 47.6 Å². The quantitative estimate of drug-likeness (QED) is 0.776. The zero-order chi connectivity index (χ0) is 18.5. The Hall–Kier alpha value is -2.89. The van der Waals surface area contributed by atoms with Crippen molar-refractivity contribution in [1.29, 1.82) is 0 Å². The first-order valence-corrected chi connectivity index (χ1v) is 8.29. The second kappa shape index (κ2) is 7.99. The predicted molar refractivity (Wildman–Crippen MR) is 95.8 cm³/mol. The van der Waals surface area contributed by atoms with E-state index in [1.807, 2.05) is 18.2 Å². The zero-order valence-corrected chi connectivity index (χ0v) is 14.3. The number of hydrogen-bond acceptors (Lipinski definition) is 3. The van der Waals surface area contributed by atoms with E-state index in [-0.39, 0.29) is 17.4 Å². The standard InChI is InChI=1S/C20H19F2NO3/c1-25-18-11-13(5-9-17(18)26-20(21)22)6-10-19(24)23-16-8-7-14-3-2-4-15(14)12-16/h5-12,20H,2-4H2,1H3,(H,23,24)/b10-6-. The van der Waals surface area contributed by atoms with Crippen molar-refractivity contribution in [2.24, 2.45) is 0 Å². The molecule has 0 unspecified atom stereocenters. The maximum Gasteiger partial charge on any atom is 0.387 e. The van der Waals surface area contributed by atoms with Gasteiger partial charge in [-0.05, 0) is 66.3 Å². The van der Waals surface area contributed by atoms with Gasteiger partial charge in [0.15, 0.2) is 11.5 Å². The van der Waals surface area contributed by atoms with Crippen LogP contribution >= 0.6 is 0 Å². The van der Waals surface area contributed by atoms with Crippen molar-refractivity contribution in [1.82, 2.24) is 0 Å². The fourth-order valence-corrected chi connectivity index (χ4v) is 2.99. The number of rotatable bonds is 6. The van der Waals surface area contributed by atoms with Crippen LogP contribution in [-0.4, -0.2) is 19.6 Å². The van der Waals surface area contributed by atoms with E-state index in [0.717, 1.165) is 24.9 Å². The molecule has 0 bridgehead atoms. The fourth-order valence-electron chi connectivity index (χ4n) is 2.99. The summed E-state index contributed by atoms with van der Waals surface area (Å²) in [6, 6.07) is 10.4. The molecule has 0 saturated carbocycles. The molecule has 1 N–H and O–H groups in total. The molecule has 2 aromatic carbocycles. The number of aryl methyl sites for hydroxylation is 2. The van der Waals surface area contributed by atoms with Crippen LogP contribution in [-0.2, 0) is 17.6 Å². The number of nitrogens with one attached hydrogen (secondary N) is 1. The monoisotopic (exact) mass is 359 g/mol. The van der Waals surface area contributed by atoms with Gasteiger partial charge < -0.3 is 14.8 Å². The lowest BCUT2D eigenvalue weighted by atomic mass is 10.1. The first kappa shape index (κ1) is 17.9. The number of benzene rings is 2. The number of fused-ring (bicyclic) bond motifs is 1. The molecule has 0 fully saturated rings. The minimum Gasteiger partial charge on any atom is -0.493 e. The van der Waals surface area contributed by atoms with Crippen molar-refractivity contribution >= 4 is 17.7 Å². The molecule has 2 aromatic rings. The highest BCUT2D eigenvalue weighted by atomic mass is 19.3. The lowest BCUT2D eigenvalue weighted by Gasteiger charge is -2.10. The Labute approximate surface area is 150 Å². The molecule has 0 heterocycles. The minimum atomic E-state index is -2.93. The van der Waals surface area contributed by atoms with Gasteiger partial charge >= 0.3 is 6.61 Å². The summed E-state index contributed by atoms with van der Waals surface area (Å²) < 4.78 is 34.1. The lowest BCUT2D eigenvalue weighted by Crippen LogP contribution is -2.08. The number of carbonyl (C=O) groups excluding carboxylic acids is 1. The van der Waals surface area contributed by atoms with Crippen molar-refractivity contribution in [2.75, 3.05) is 12.4 Å². The molecular formula is C20H19F2NO3. The fraction of sp³-hybridized carbons (Fsp3) is 0.250. The summed E-state index contributed by atoms with van der Waals surface area (Å²) in [5, 5.41) is 2.83. The Morgan fingerprint density at radius 3 is 2.69 bits per heavy atom. The molecule has 0 aromatic heterocycles. The molecule has 4 nitrogen and oxygen atoms in total. The molecule has 0 atom stereocenters. The molecule has 0 aliphatic heterocycles. The lowest BCUT2D eigenvalue weighted by molar-refractivity contribution is -0.111. The van der Waals surface area contributed by atoms with E-state index in [0.29, 0.717) is 5.56 Å². The van der Waals surface area contributed by atoms with Crippen LogP contribution in [0.15, 0.2) is 42.5 Å². The molecule has 0 saturated heterocycles. The minimum absolute atomic E-state index is 0.0535. The molecule has 1 aliphatic rings. The number of methoxy groups -OCH3 is 1. The SMILES string of the molecule is COc1cc(/C=C\C(=O)Nc2ccc3c(c2)CCC3)ccc1OC(F)F. The van der Waals surface area contributed by atoms with Gasteiger partial charge in [0.05, 0.1) is 7.11 Å². The van der Waals surface area contributed by atoms with Gasteiger partial charge in [-0.15, -0.1) is 0 Å². The van der Waals surface area contributed by atoms with E-state index in [9.17, 15) is 13.6 Å². The second-order valence-electron chi connectivity index (χ2n) is 5.95. The van der Waals surface area contributed by atoms with Crippen molar-refractivity contribution in [2.45, 2.75) is 25.9 Å². The van der Waals surface area contributed by atoms with Crippen LogP contribution < -0.4 is 14.8 Å². The third kappa shape index (κ3) is 4.39. The van der Waals surface area contributed by atoms with E-state index in [1.165, 1.54) is 36.4 Å². The van der Waals surface area contributed by atoms with Crippen LogP contribution in [0.4, 0.5) is 14.5 Å². The van der Waals surface area contributed by atoms with Gasteiger partial charge in [0, 0.05) is 11.8 Å². The van der Waals surface area contributed by atoms with Crippen LogP contribution in [0.3, 0.4) is 0 Å². The Morgan fingerprint density at radius 1 is 1.12 bits per heavy atom. The Bertz CT molecular complexity index is 834. The van der Waals surface area contributed by atoms with E-state index >= 15 is 0 Å². The summed E-state index contributed by atoms with van der Waals surface area (Å²) >= 11 is 0. The number of carbonyl (C=O) groups is 1. The summed E-state index contributed by atoms with van der Waals surface area (Å²) in [6.45, 7) is -2.93. The highest BCUT2D eigenvalue weighted by molar-refractivity contribution is 6.02. The van der Waals surface area contributed by atoms with Crippen molar-refractivity contribution in [3.8, 4) is 11.5 Å². The highest BCUT2D eigenvalue weighted by Gasteiger charge is 2.12. The van der Waals surface area contributed by atoms with E-state index < -0.39 is 6.61 Å². The molecule has 136 valence electrons. The van der Waals surface area contributed by atoms with Crippen molar-refractivity contribution in [3.63, 3.8) is 0 Å². The van der Waals surface area contributed by atoms with Crippen LogP contribution in [0.1, 0.15) is 23.1 Å². The van der Waals surface area contributed by atoms with Gasteiger partial charge in [0.25, 0.3) is 0 Å². The number of anilines is 1. The first-order valence-electron chi connectivity index (χ1n) is 8.29. The molecule has 3 rings (SSSR count). The van der Waals surface area contributed by atoms with Crippen molar-refractivity contribution in [3.05, 3.63) is 59.2 Å². The van der Waals surface area contributed by atoms with Gasteiger partial charge in [0.1, 0.15) is 0 Å². The zero-order valence-electron chi connectivity index (χ0n) is 14.3. The summed E-state index contributed by atoms with van der Waals surface area (Å²) in [5.41, 5.74) is 4.02. The van der Waals surface area contributed by atoms with Crippen LogP contribution in [0.25, 0.3) is 6.08 Å². The van der Waals surface area contributed by atoms with Gasteiger partial charge in [-0.2, -0.15) is 8.78 Å². The second-order valence-corrected chi connectivity index (χ2v) is 5.95. The third-order valence-corrected chi connectivity index (χ3v) is 4.20. The third-order valence-electron chi connectivity index (χ3n) is 4.20. The van der Waals surface area contributed by atoms with Crippen LogP contribution in [0.5, 0.6) is 11.5 Å². The molecule has 1 amide bonds. The average Bonchev–Trinajstić information content (AvgIpc) is 3.08. The smallest absolute Gasteiger partial charge is 0.387 e. The maximum atomic E-state index is 12.3. The number of hydrogen-bond donors (Lipinski definition) is 1. The Balaban J connectivity index is 1.66. The van der Waals surface area contributed by atoms with Gasteiger partial charge in [-0.25, -0.2) is 0 Å². The molecule has 0 spiro atoms. The number of ether oxygens (including phenoxy) is 2. The van der Waals surface area contributed by atoms with E-state index in [2.05, 4.69) is 10.1 Å². The summed E-state index contributed by atoms with van der Waals surface area (Å²) in [5.74, 6) is -0.149. The summed E-state index contributed by atoms with van der Waals surface area (Å²) in [4.78, 5) is 12.1.